The Morgan fingerprint density at radius 3 is 2.10 bits per heavy atom. The van der Waals surface area contributed by atoms with Crippen LogP contribution in [0.4, 0.5) is 5.69 Å². The third-order valence-electron chi connectivity index (χ3n) is 4.73. The van der Waals surface area contributed by atoms with Gasteiger partial charge in [0.25, 0.3) is 10.0 Å². The van der Waals surface area contributed by atoms with Crippen molar-refractivity contribution in [1.29, 1.82) is 0 Å². The maximum absolute atomic E-state index is 13.3. The van der Waals surface area contributed by atoms with Gasteiger partial charge in [0.05, 0.1) is 23.2 Å². The summed E-state index contributed by atoms with van der Waals surface area (Å²) in [4.78, 5) is 12.9. The molecule has 0 aliphatic heterocycles. The molecule has 1 amide bonds. The maximum Gasteiger partial charge on any atom is 0.264 e. The summed E-state index contributed by atoms with van der Waals surface area (Å²) in [6.45, 7) is 3.89. The second-order valence-corrected chi connectivity index (χ2v) is 8.81. The minimum atomic E-state index is -3.94. The van der Waals surface area contributed by atoms with E-state index in [4.69, 9.17) is 4.74 Å². The minimum Gasteiger partial charge on any atom is -0.494 e. The number of hydrogen-bond donors (Lipinski definition) is 1. The van der Waals surface area contributed by atoms with E-state index < -0.39 is 15.9 Å². The van der Waals surface area contributed by atoms with Gasteiger partial charge >= 0.3 is 0 Å². The fourth-order valence-corrected chi connectivity index (χ4v) is 4.59. The molecule has 0 aliphatic rings. The zero-order chi connectivity index (χ0) is 22.3. The molecule has 0 saturated carbocycles. The molecule has 3 aromatic rings. The Kier molecular flexibility index (Phi) is 7.31. The summed E-state index contributed by atoms with van der Waals surface area (Å²) in [7, 11) is -3.94. The van der Waals surface area contributed by atoms with E-state index in [-0.39, 0.29) is 17.5 Å². The first-order valence-corrected chi connectivity index (χ1v) is 11.5. The lowest BCUT2D eigenvalue weighted by Gasteiger charge is -2.25. The number of carbonyl (C=O) groups is 1. The molecule has 0 unspecified atom stereocenters. The summed E-state index contributed by atoms with van der Waals surface area (Å²) in [6, 6.07) is 24.0. The van der Waals surface area contributed by atoms with Gasteiger partial charge < -0.3 is 10.1 Å². The fraction of sp³-hybridized carbons (Fsp3) is 0.208. The quantitative estimate of drug-likeness (QED) is 0.544. The van der Waals surface area contributed by atoms with Crippen molar-refractivity contribution >= 4 is 21.6 Å². The highest BCUT2D eigenvalue weighted by Crippen LogP contribution is 2.26. The van der Waals surface area contributed by atoms with Crippen LogP contribution in [-0.4, -0.2) is 27.5 Å². The molecule has 31 heavy (non-hydrogen) atoms. The lowest BCUT2D eigenvalue weighted by molar-refractivity contribution is -0.120. The molecule has 3 rings (SSSR count). The van der Waals surface area contributed by atoms with Gasteiger partial charge in [-0.05, 0) is 55.8 Å². The van der Waals surface area contributed by atoms with Gasteiger partial charge in [-0.25, -0.2) is 8.42 Å². The first-order valence-electron chi connectivity index (χ1n) is 10.1. The predicted molar refractivity (Wildman–Crippen MR) is 122 cm³/mol. The van der Waals surface area contributed by atoms with Gasteiger partial charge in [0.1, 0.15) is 12.3 Å². The third kappa shape index (κ3) is 5.64. The molecule has 0 fully saturated rings. The number of sulfonamides is 1. The summed E-state index contributed by atoms with van der Waals surface area (Å²) in [5.74, 6) is 0.232. The Morgan fingerprint density at radius 2 is 1.52 bits per heavy atom. The number of amides is 1. The van der Waals surface area contributed by atoms with Crippen LogP contribution in [0.1, 0.15) is 25.5 Å². The van der Waals surface area contributed by atoms with Crippen molar-refractivity contribution in [2.24, 2.45) is 0 Å². The second-order valence-electron chi connectivity index (χ2n) is 6.95. The zero-order valence-corrected chi connectivity index (χ0v) is 18.4. The fourth-order valence-electron chi connectivity index (χ4n) is 3.15. The summed E-state index contributed by atoms with van der Waals surface area (Å²) >= 11 is 0. The van der Waals surface area contributed by atoms with Gasteiger partial charge in [0, 0.05) is 0 Å². The highest BCUT2D eigenvalue weighted by Gasteiger charge is 2.27. The van der Waals surface area contributed by atoms with Crippen molar-refractivity contribution < 1.29 is 17.9 Å². The Labute approximate surface area is 183 Å². The molecule has 3 aromatic carbocycles. The summed E-state index contributed by atoms with van der Waals surface area (Å²) < 4.78 is 33.3. The van der Waals surface area contributed by atoms with Crippen molar-refractivity contribution in [3.05, 3.63) is 90.5 Å². The van der Waals surface area contributed by atoms with Crippen molar-refractivity contribution in [1.82, 2.24) is 5.32 Å². The first-order chi connectivity index (χ1) is 14.9. The van der Waals surface area contributed by atoms with Crippen LogP contribution < -0.4 is 14.4 Å². The summed E-state index contributed by atoms with van der Waals surface area (Å²) in [5.41, 5.74) is 1.32. The van der Waals surface area contributed by atoms with Crippen LogP contribution in [0.25, 0.3) is 0 Å². The Morgan fingerprint density at radius 1 is 0.935 bits per heavy atom. The van der Waals surface area contributed by atoms with E-state index >= 15 is 0 Å². The van der Waals surface area contributed by atoms with Crippen LogP contribution in [0.2, 0.25) is 0 Å². The molecule has 0 bridgehead atoms. The molecule has 0 heterocycles. The van der Waals surface area contributed by atoms with Crippen LogP contribution in [-0.2, 0) is 14.8 Å². The van der Waals surface area contributed by atoms with Gasteiger partial charge in [-0.3, -0.25) is 9.10 Å². The molecule has 0 spiro atoms. The average Bonchev–Trinajstić information content (AvgIpc) is 2.79. The van der Waals surface area contributed by atoms with Crippen molar-refractivity contribution in [3.8, 4) is 5.75 Å². The Bertz CT molecular complexity index is 1090. The van der Waals surface area contributed by atoms with Crippen LogP contribution in [0.3, 0.4) is 0 Å². The highest BCUT2D eigenvalue weighted by atomic mass is 32.2. The lowest BCUT2D eigenvalue weighted by atomic mass is 10.1. The van der Waals surface area contributed by atoms with Gasteiger partial charge in [-0.15, -0.1) is 0 Å². The largest absolute Gasteiger partial charge is 0.494 e. The summed E-state index contributed by atoms with van der Waals surface area (Å²) in [5, 5.41) is 2.88. The molecule has 0 aliphatic carbocycles. The Balaban J connectivity index is 1.87. The molecule has 162 valence electrons. The van der Waals surface area contributed by atoms with E-state index in [1.54, 1.807) is 42.5 Å². The second kappa shape index (κ2) is 10.1. The highest BCUT2D eigenvalue weighted by molar-refractivity contribution is 7.92. The van der Waals surface area contributed by atoms with E-state index in [1.807, 2.05) is 44.2 Å². The van der Waals surface area contributed by atoms with Gasteiger partial charge in [0.15, 0.2) is 0 Å². The average molecular weight is 439 g/mol. The van der Waals surface area contributed by atoms with Crippen LogP contribution in [0, 0.1) is 0 Å². The Hall–Kier alpha value is -3.32. The van der Waals surface area contributed by atoms with E-state index in [1.165, 1.54) is 12.1 Å². The predicted octanol–water partition coefficient (Wildman–Crippen LogP) is 4.16. The normalized spacial score (nSPS) is 12.1. The minimum absolute atomic E-state index is 0.118. The number of ether oxygens (including phenoxy) is 1. The number of rotatable bonds is 9. The van der Waals surface area contributed by atoms with Gasteiger partial charge in [-0.2, -0.15) is 0 Å². The molecule has 6 nitrogen and oxygen atoms in total. The maximum atomic E-state index is 13.3. The number of hydrogen-bond acceptors (Lipinski definition) is 4. The van der Waals surface area contributed by atoms with Crippen molar-refractivity contribution in [3.63, 3.8) is 0 Å². The number of anilines is 1. The molecule has 1 N–H and O–H groups in total. The van der Waals surface area contributed by atoms with Crippen molar-refractivity contribution in [2.75, 3.05) is 17.5 Å². The SMILES string of the molecule is CCOc1ccc(N(CC(=O)N[C@H](C)c2ccccc2)S(=O)(=O)c2ccccc2)cc1. The monoisotopic (exact) mass is 438 g/mol. The molecule has 0 radical (unpaired) electrons. The molecule has 0 aromatic heterocycles. The van der Waals surface area contributed by atoms with E-state index in [2.05, 4.69) is 5.32 Å². The van der Waals surface area contributed by atoms with Crippen molar-refractivity contribution in [2.45, 2.75) is 24.8 Å². The number of benzene rings is 3. The van der Waals surface area contributed by atoms with Gasteiger partial charge in [0.2, 0.25) is 5.91 Å². The first kappa shape index (κ1) is 22.4. The lowest BCUT2D eigenvalue weighted by Crippen LogP contribution is -2.41. The number of nitrogens with zero attached hydrogens (tertiary/aromatic N) is 1. The van der Waals surface area contributed by atoms with E-state index in [9.17, 15) is 13.2 Å². The molecule has 0 saturated heterocycles. The number of carbonyl (C=O) groups excluding carboxylic acids is 1. The topological polar surface area (TPSA) is 75.7 Å². The van der Waals surface area contributed by atoms with E-state index in [0.29, 0.717) is 18.0 Å². The third-order valence-corrected chi connectivity index (χ3v) is 6.52. The molecular weight excluding hydrogens is 412 g/mol. The summed E-state index contributed by atoms with van der Waals surface area (Å²) in [6.07, 6.45) is 0. The molecule has 7 heteroatoms. The van der Waals surface area contributed by atoms with Gasteiger partial charge in [-0.1, -0.05) is 48.5 Å². The number of nitrogens with one attached hydrogen (secondary N) is 1. The standard InChI is InChI=1S/C24H26N2O4S/c1-3-30-22-16-14-21(15-17-22)26(31(28,29)23-12-8-5-9-13-23)18-24(27)25-19(2)20-10-6-4-7-11-20/h4-17,19H,3,18H2,1-2H3,(H,25,27)/t19-/m1/s1. The van der Waals surface area contributed by atoms with Crippen LogP contribution in [0.15, 0.2) is 89.8 Å². The zero-order valence-electron chi connectivity index (χ0n) is 17.6. The van der Waals surface area contributed by atoms with Crippen LogP contribution >= 0.6 is 0 Å². The van der Waals surface area contributed by atoms with E-state index in [0.717, 1.165) is 9.87 Å². The molecule has 1 atom stereocenters. The van der Waals surface area contributed by atoms with Crippen LogP contribution in [0.5, 0.6) is 5.75 Å². The smallest absolute Gasteiger partial charge is 0.264 e. The molecular formula is C24H26N2O4S.